The molecule has 0 bridgehead atoms. The van der Waals surface area contributed by atoms with Gasteiger partial charge in [-0.25, -0.2) is 4.79 Å². The van der Waals surface area contributed by atoms with Gasteiger partial charge in [-0.1, -0.05) is 15.9 Å². The number of nitrogens with zero attached hydrogens (tertiary/aromatic N) is 1. The van der Waals surface area contributed by atoms with E-state index in [1.165, 1.54) is 24.3 Å². The molecule has 0 amide bonds. The standard InChI is InChI=1S/C13H8BrNO5/c14-9-1-5-11(6-2-9)19-13(16)20-12-7-3-10(4-8-12)15(17)18/h1-8H. The minimum absolute atomic E-state index is 0.0846. The summed E-state index contributed by atoms with van der Waals surface area (Å²) in [7, 11) is 0. The van der Waals surface area contributed by atoms with Crippen molar-refractivity contribution < 1.29 is 19.2 Å². The Labute approximate surface area is 122 Å². The first-order valence-electron chi connectivity index (χ1n) is 5.44. The first-order valence-corrected chi connectivity index (χ1v) is 6.23. The third-order valence-electron chi connectivity index (χ3n) is 2.26. The lowest BCUT2D eigenvalue weighted by Gasteiger charge is -2.05. The first-order chi connectivity index (χ1) is 9.54. The Balaban J connectivity index is 1.97. The molecule has 102 valence electrons. The Hall–Kier alpha value is -2.41. The fourth-order valence-corrected chi connectivity index (χ4v) is 1.62. The summed E-state index contributed by atoms with van der Waals surface area (Å²) in [6.07, 6.45) is -0.916. The van der Waals surface area contributed by atoms with Crippen LogP contribution in [0.5, 0.6) is 11.5 Å². The third-order valence-corrected chi connectivity index (χ3v) is 2.79. The van der Waals surface area contributed by atoms with Crippen molar-refractivity contribution in [3.63, 3.8) is 0 Å². The van der Waals surface area contributed by atoms with Gasteiger partial charge in [0.15, 0.2) is 0 Å². The number of non-ortho nitro benzene ring substituents is 1. The number of hydrogen-bond acceptors (Lipinski definition) is 5. The van der Waals surface area contributed by atoms with Crippen molar-refractivity contribution in [2.75, 3.05) is 0 Å². The topological polar surface area (TPSA) is 78.7 Å². The molecule has 0 fully saturated rings. The van der Waals surface area contributed by atoms with Crippen LogP contribution in [-0.2, 0) is 0 Å². The van der Waals surface area contributed by atoms with E-state index in [-0.39, 0.29) is 11.4 Å². The predicted octanol–water partition coefficient (Wildman–Crippen LogP) is 3.94. The molecule has 0 radical (unpaired) electrons. The highest BCUT2D eigenvalue weighted by Crippen LogP contribution is 2.19. The second-order valence-corrected chi connectivity index (χ2v) is 4.57. The van der Waals surface area contributed by atoms with Gasteiger partial charge in [0.1, 0.15) is 11.5 Å². The van der Waals surface area contributed by atoms with Crippen LogP contribution in [0.4, 0.5) is 10.5 Å². The van der Waals surface area contributed by atoms with Crippen LogP contribution in [-0.4, -0.2) is 11.1 Å². The molecule has 0 atom stereocenters. The van der Waals surface area contributed by atoms with Crippen molar-refractivity contribution in [3.05, 3.63) is 63.1 Å². The molecule has 0 spiro atoms. The van der Waals surface area contributed by atoms with E-state index in [4.69, 9.17) is 9.47 Å². The van der Waals surface area contributed by atoms with Gasteiger partial charge in [0.2, 0.25) is 0 Å². The average Bonchev–Trinajstić information content (AvgIpc) is 2.42. The molecule has 2 aromatic carbocycles. The van der Waals surface area contributed by atoms with Gasteiger partial charge in [-0.15, -0.1) is 0 Å². The highest BCUT2D eigenvalue weighted by atomic mass is 79.9. The number of benzene rings is 2. The highest BCUT2D eigenvalue weighted by molar-refractivity contribution is 9.10. The van der Waals surface area contributed by atoms with E-state index >= 15 is 0 Å². The summed E-state index contributed by atoms with van der Waals surface area (Å²) in [5.41, 5.74) is -0.0846. The summed E-state index contributed by atoms with van der Waals surface area (Å²) in [5.74, 6) is 0.498. The SMILES string of the molecule is O=C(Oc1ccc(Br)cc1)Oc1ccc([N+](=O)[O-])cc1. The molecule has 7 heteroatoms. The van der Waals surface area contributed by atoms with Gasteiger partial charge in [-0.3, -0.25) is 10.1 Å². The summed E-state index contributed by atoms with van der Waals surface area (Å²) in [4.78, 5) is 21.4. The summed E-state index contributed by atoms with van der Waals surface area (Å²) in [6, 6.07) is 11.7. The summed E-state index contributed by atoms with van der Waals surface area (Å²) in [6.45, 7) is 0. The van der Waals surface area contributed by atoms with Crippen molar-refractivity contribution in [2.45, 2.75) is 0 Å². The van der Waals surface area contributed by atoms with Gasteiger partial charge in [-0.2, -0.15) is 0 Å². The minimum atomic E-state index is -0.916. The molecule has 0 aliphatic heterocycles. The number of carbonyl (C=O) groups excluding carboxylic acids is 1. The Morgan fingerprint density at radius 2 is 1.40 bits per heavy atom. The molecule has 0 aromatic heterocycles. The lowest BCUT2D eigenvalue weighted by Crippen LogP contribution is -2.13. The molecule has 0 aliphatic rings. The molecule has 0 saturated heterocycles. The van der Waals surface area contributed by atoms with E-state index in [9.17, 15) is 14.9 Å². The molecule has 6 nitrogen and oxygen atoms in total. The lowest BCUT2D eigenvalue weighted by molar-refractivity contribution is -0.384. The molecule has 0 unspecified atom stereocenters. The molecule has 2 aromatic rings. The summed E-state index contributed by atoms with van der Waals surface area (Å²) in [5, 5.41) is 10.5. The van der Waals surface area contributed by atoms with Crippen LogP contribution in [0.15, 0.2) is 53.0 Å². The van der Waals surface area contributed by atoms with Crippen LogP contribution < -0.4 is 9.47 Å². The van der Waals surface area contributed by atoms with Crippen LogP contribution >= 0.6 is 15.9 Å². The smallest absolute Gasteiger partial charge is 0.395 e. The van der Waals surface area contributed by atoms with Gasteiger partial charge >= 0.3 is 6.16 Å². The van der Waals surface area contributed by atoms with Crippen LogP contribution in [0.1, 0.15) is 0 Å². The third kappa shape index (κ3) is 3.79. The zero-order valence-corrected chi connectivity index (χ0v) is 11.6. The van der Waals surface area contributed by atoms with E-state index in [0.717, 1.165) is 4.47 Å². The first kappa shape index (κ1) is 14.0. The number of carbonyl (C=O) groups is 1. The maximum absolute atomic E-state index is 11.5. The van der Waals surface area contributed by atoms with Gasteiger partial charge in [0, 0.05) is 16.6 Å². The summed E-state index contributed by atoms with van der Waals surface area (Å²) >= 11 is 3.26. The Kier molecular flexibility index (Phi) is 4.31. The summed E-state index contributed by atoms with van der Waals surface area (Å²) < 4.78 is 10.7. The minimum Gasteiger partial charge on any atom is -0.395 e. The van der Waals surface area contributed by atoms with E-state index in [1.54, 1.807) is 24.3 Å². The molecular formula is C13H8BrNO5. The van der Waals surface area contributed by atoms with E-state index in [1.807, 2.05) is 0 Å². The molecule has 0 saturated carbocycles. The zero-order valence-electron chi connectivity index (χ0n) is 9.99. The number of halogens is 1. The van der Waals surface area contributed by atoms with Gasteiger partial charge in [-0.05, 0) is 36.4 Å². The van der Waals surface area contributed by atoms with Gasteiger partial charge < -0.3 is 9.47 Å². The monoisotopic (exact) mass is 337 g/mol. The molecule has 2 rings (SSSR count). The highest BCUT2D eigenvalue weighted by Gasteiger charge is 2.10. The van der Waals surface area contributed by atoms with Crippen molar-refractivity contribution in [1.29, 1.82) is 0 Å². The maximum atomic E-state index is 11.5. The lowest BCUT2D eigenvalue weighted by atomic mass is 10.3. The number of nitro benzene ring substituents is 1. The van der Waals surface area contributed by atoms with Crippen LogP contribution in [0, 0.1) is 10.1 Å². The van der Waals surface area contributed by atoms with Crippen molar-refractivity contribution in [1.82, 2.24) is 0 Å². The Morgan fingerprint density at radius 3 is 1.85 bits per heavy atom. The van der Waals surface area contributed by atoms with Gasteiger partial charge in [0.05, 0.1) is 4.92 Å². The molecule has 0 aliphatic carbocycles. The molecule has 20 heavy (non-hydrogen) atoms. The molecular weight excluding hydrogens is 330 g/mol. The maximum Gasteiger partial charge on any atom is 0.519 e. The van der Waals surface area contributed by atoms with Crippen molar-refractivity contribution >= 4 is 27.8 Å². The molecule has 0 N–H and O–H groups in total. The Morgan fingerprint density at radius 1 is 0.950 bits per heavy atom. The van der Waals surface area contributed by atoms with E-state index in [2.05, 4.69) is 15.9 Å². The fourth-order valence-electron chi connectivity index (χ4n) is 1.35. The largest absolute Gasteiger partial charge is 0.519 e. The average molecular weight is 338 g/mol. The van der Waals surface area contributed by atoms with Crippen LogP contribution in [0.3, 0.4) is 0 Å². The number of hydrogen-bond donors (Lipinski definition) is 0. The van der Waals surface area contributed by atoms with E-state index < -0.39 is 11.1 Å². The normalized spacial score (nSPS) is 9.85. The van der Waals surface area contributed by atoms with Crippen LogP contribution in [0.25, 0.3) is 0 Å². The second kappa shape index (κ2) is 6.16. The van der Waals surface area contributed by atoms with Crippen LogP contribution in [0.2, 0.25) is 0 Å². The molecule has 0 heterocycles. The predicted molar refractivity (Wildman–Crippen MR) is 73.9 cm³/mol. The van der Waals surface area contributed by atoms with E-state index in [0.29, 0.717) is 5.75 Å². The Bertz CT molecular complexity index is 624. The van der Waals surface area contributed by atoms with Crippen molar-refractivity contribution in [3.8, 4) is 11.5 Å². The fraction of sp³-hybridized carbons (Fsp3) is 0. The van der Waals surface area contributed by atoms with Gasteiger partial charge in [0.25, 0.3) is 5.69 Å². The number of nitro groups is 1. The zero-order chi connectivity index (χ0) is 14.5. The number of rotatable bonds is 3. The quantitative estimate of drug-likeness (QED) is 0.367. The number of ether oxygens (including phenoxy) is 2. The second-order valence-electron chi connectivity index (χ2n) is 3.66. The van der Waals surface area contributed by atoms with Crippen molar-refractivity contribution in [2.24, 2.45) is 0 Å².